The molecular formula is C21H18F3N5OS. The number of anilines is 1. The lowest BCUT2D eigenvalue weighted by molar-refractivity contribution is -0.137. The van der Waals surface area contributed by atoms with E-state index >= 15 is 0 Å². The number of nitrogens with one attached hydrogen (secondary N) is 2. The number of thiazole rings is 1. The van der Waals surface area contributed by atoms with Gasteiger partial charge in [-0.15, -0.1) is 0 Å². The van der Waals surface area contributed by atoms with E-state index in [2.05, 4.69) is 20.5 Å². The summed E-state index contributed by atoms with van der Waals surface area (Å²) in [5.41, 5.74) is 6.87. The number of nitrogens with two attached hydrogens (primary N) is 1. The van der Waals surface area contributed by atoms with Crippen LogP contribution in [0.3, 0.4) is 0 Å². The summed E-state index contributed by atoms with van der Waals surface area (Å²) < 4.78 is 38.0. The second kappa shape index (κ2) is 8.48. The predicted octanol–water partition coefficient (Wildman–Crippen LogP) is 4.05. The number of rotatable bonds is 6. The molecule has 4 rings (SSSR count). The molecule has 0 aliphatic rings. The predicted molar refractivity (Wildman–Crippen MR) is 115 cm³/mol. The molecule has 0 saturated heterocycles. The Bertz CT molecular complexity index is 1250. The quantitative estimate of drug-likeness (QED) is 0.416. The van der Waals surface area contributed by atoms with Crippen molar-refractivity contribution in [3.8, 4) is 10.4 Å². The average Bonchev–Trinajstić information content (AvgIpc) is 3.21. The van der Waals surface area contributed by atoms with Gasteiger partial charge >= 0.3 is 6.18 Å². The number of aromatic nitrogens is 3. The van der Waals surface area contributed by atoms with Crippen LogP contribution < -0.4 is 16.6 Å². The molecule has 2 heterocycles. The molecule has 0 fully saturated rings. The molecule has 1 atom stereocenters. The van der Waals surface area contributed by atoms with Gasteiger partial charge < -0.3 is 11.1 Å². The Hall–Kier alpha value is -3.24. The second-order valence-corrected chi connectivity index (χ2v) is 8.10. The van der Waals surface area contributed by atoms with E-state index in [-0.39, 0.29) is 11.6 Å². The van der Waals surface area contributed by atoms with E-state index in [1.54, 1.807) is 18.5 Å². The van der Waals surface area contributed by atoms with Crippen LogP contribution in [0.25, 0.3) is 21.2 Å². The summed E-state index contributed by atoms with van der Waals surface area (Å²) in [6, 6.07) is 10.2. The van der Waals surface area contributed by atoms with Gasteiger partial charge in [-0.1, -0.05) is 29.5 Å². The Kier molecular flexibility index (Phi) is 5.75. The molecule has 10 heteroatoms. The van der Waals surface area contributed by atoms with Gasteiger partial charge in [0.05, 0.1) is 22.0 Å². The summed E-state index contributed by atoms with van der Waals surface area (Å²) in [4.78, 5) is 17.0. The van der Waals surface area contributed by atoms with Gasteiger partial charge in [-0.25, -0.2) is 10.1 Å². The number of fused-ring (bicyclic) bond motifs is 1. The highest BCUT2D eigenvalue weighted by molar-refractivity contribution is 7.18. The van der Waals surface area contributed by atoms with Crippen molar-refractivity contribution in [3.63, 3.8) is 0 Å². The van der Waals surface area contributed by atoms with E-state index < -0.39 is 11.7 Å². The van der Waals surface area contributed by atoms with Crippen molar-refractivity contribution in [2.45, 2.75) is 18.6 Å². The lowest BCUT2D eigenvalue weighted by Crippen LogP contribution is -2.31. The summed E-state index contributed by atoms with van der Waals surface area (Å²) in [5.74, 6) is 0. The maximum atomic E-state index is 12.7. The molecule has 4 N–H and O–H groups in total. The van der Waals surface area contributed by atoms with Gasteiger partial charge in [0.25, 0.3) is 5.56 Å². The Morgan fingerprint density at radius 2 is 1.90 bits per heavy atom. The van der Waals surface area contributed by atoms with E-state index in [0.717, 1.165) is 33.5 Å². The molecule has 0 bridgehead atoms. The van der Waals surface area contributed by atoms with E-state index in [1.807, 2.05) is 12.1 Å². The Morgan fingerprint density at radius 1 is 1.13 bits per heavy atom. The topological polar surface area (TPSA) is 96.7 Å². The molecule has 0 spiro atoms. The van der Waals surface area contributed by atoms with Gasteiger partial charge in [-0.3, -0.25) is 4.79 Å². The van der Waals surface area contributed by atoms with Crippen LogP contribution in [0.15, 0.2) is 59.7 Å². The first kappa shape index (κ1) is 21.0. The lowest BCUT2D eigenvalue weighted by Gasteiger charge is -2.13. The summed E-state index contributed by atoms with van der Waals surface area (Å²) in [5, 5.41) is 11.4. The number of H-pyrrole nitrogens is 1. The maximum absolute atomic E-state index is 12.7. The molecule has 0 radical (unpaired) electrons. The Labute approximate surface area is 179 Å². The van der Waals surface area contributed by atoms with Crippen LogP contribution in [-0.4, -0.2) is 27.8 Å². The second-order valence-electron chi connectivity index (χ2n) is 7.07. The highest BCUT2D eigenvalue weighted by atomic mass is 32.1. The number of nitrogens with zero attached hydrogens (tertiary/aromatic N) is 2. The minimum absolute atomic E-state index is 0.238. The summed E-state index contributed by atoms with van der Waals surface area (Å²) in [6.45, 7) is 0.422. The normalized spacial score (nSPS) is 12.8. The van der Waals surface area contributed by atoms with Crippen LogP contribution in [0.1, 0.15) is 11.1 Å². The summed E-state index contributed by atoms with van der Waals surface area (Å²) in [6.07, 6.45) is -0.575. The first-order chi connectivity index (χ1) is 14.8. The first-order valence-corrected chi connectivity index (χ1v) is 10.2. The van der Waals surface area contributed by atoms with E-state index in [0.29, 0.717) is 23.5 Å². The molecular weight excluding hydrogens is 427 g/mol. The van der Waals surface area contributed by atoms with Gasteiger partial charge in [0.2, 0.25) is 0 Å². The largest absolute Gasteiger partial charge is 0.416 e. The number of benzene rings is 2. The molecule has 6 nitrogen and oxygen atoms in total. The van der Waals surface area contributed by atoms with Gasteiger partial charge in [0, 0.05) is 24.2 Å². The standard InChI is InChI=1S/C21H18F3N5OS/c22-21(23,24)15-4-1-12(2-5-15)7-16(25)10-26-20-27-11-18(31-20)13-3-6-17-14(8-13)9-28-29-19(17)30/h1-6,8-9,11,16H,7,10,25H2,(H,26,27)(H,29,30)/t16-/m1/s1. The van der Waals surface area contributed by atoms with Crippen LogP contribution >= 0.6 is 11.3 Å². The van der Waals surface area contributed by atoms with Crippen LogP contribution in [0.5, 0.6) is 0 Å². The first-order valence-electron chi connectivity index (χ1n) is 9.39. The number of hydrogen-bond acceptors (Lipinski definition) is 6. The van der Waals surface area contributed by atoms with Crippen molar-refractivity contribution in [1.29, 1.82) is 0 Å². The highest BCUT2D eigenvalue weighted by Crippen LogP contribution is 2.31. The maximum Gasteiger partial charge on any atom is 0.416 e. The van der Waals surface area contributed by atoms with Crippen molar-refractivity contribution < 1.29 is 13.2 Å². The van der Waals surface area contributed by atoms with Crippen LogP contribution in [0.4, 0.5) is 18.3 Å². The molecule has 2 aromatic heterocycles. The fourth-order valence-electron chi connectivity index (χ4n) is 3.16. The molecule has 160 valence electrons. The molecule has 2 aromatic carbocycles. The number of aromatic amines is 1. The fourth-order valence-corrected chi connectivity index (χ4v) is 3.98. The third-order valence-corrected chi connectivity index (χ3v) is 5.75. The van der Waals surface area contributed by atoms with Crippen molar-refractivity contribution >= 4 is 27.2 Å². The third-order valence-electron chi connectivity index (χ3n) is 4.75. The molecule has 0 amide bonds. The minimum Gasteiger partial charge on any atom is -0.360 e. The number of hydrogen-bond donors (Lipinski definition) is 3. The lowest BCUT2D eigenvalue weighted by atomic mass is 10.0. The molecule has 0 saturated carbocycles. The van der Waals surface area contributed by atoms with Gasteiger partial charge in [0.1, 0.15) is 0 Å². The molecule has 4 aromatic rings. The van der Waals surface area contributed by atoms with Crippen LogP contribution in [0.2, 0.25) is 0 Å². The SMILES string of the molecule is N[C@@H](CNc1ncc(-c2ccc3c(=O)[nH]ncc3c2)s1)Cc1ccc(C(F)(F)F)cc1. The van der Waals surface area contributed by atoms with Crippen LogP contribution in [0, 0.1) is 0 Å². The van der Waals surface area contributed by atoms with Gasteiger partial charge in [-0.2, -0.15) is 18.3 Å². The average molecular weight is 445 g/mol. The van der Waals surface area contributed by atoms with E-state index in [9.17, 15) is 18.0 Å². The highest BCUT2D eigenvalue weighted by Gasteiger charge is 2.29. The smallest absolute Gasteiger partial charge is 0.360 e. The number of halogens is 3. The fraction of sp³-hybridized carbons (Fsp3) is 0.190. The third kappa shape index (κ3) is 4.92. The van der Waals surface area contributed by atoms with Crippen LogP contribution in [-0.2, 0) is 12.6 Å². The zero-order valence-electron chi connectivity index (χ0n) is 16.1. The monoisotopic (exact) mass is 445 g/mol. The van der Waals surface area contributed by atoms with Crippen molar-refractivity contribution in [3.05, 3.63) is 76.3 Å². The zero-order valence-corrected chi connectivity index (χ0v) is 16.9. The summed E-state index contributed by atoms with van der Waals surface area (Å²) in [7, 11) is 0. The van der Waals surface area contributed by atoms with Gasteiger partial charge in [-0.05, 0) is 41.8 Å². The van der Waals surface area contributed by atoms with E-state index in [1.165, 1.54) is 23.5 Å². The molecule has 31 heavy (non-hydrogen) atoms. The molecule has 0 unspecified atom stereocenters. The minimum atomic E-state index is -4.35. The van der Waals surface area contributed by atoms with E-state index in [4.69, 9.17) is 5.73 Å². The zero-order chi connectivity index (χ0) is 22.0. The molecule has 0 aliphatic carbocycles. The summed E-state index contributed by atoms with van der Waals surface area (Å²) >= 11 is 1.44. The number of alkyl halides is 3. The van der Waals surface area contributed by atoms with Crippen molar-refractivity contribution in [2.24, 2.45) is 5.73 Å². The van der Waals surface area contributed by atoms with Crippen molar-refractivity contribution in [1.82, 2.24) is 15.2 Å². The Morgan fingerprint density at radius 3 is 2.65 bits per heavy atom. The van der Waals surface area contributed by atoms with Crippen molar-refractivity contribution in [2.75, 3.05) is 11.9 Å². The molecule has 0 aliphatic heterocycles. The van der Waals surface area contributed by atoms with Gasteiger partial charge in [0.15, 0.2) is 5.13 Å². The Balaban J connectivity index is 1.37.